The molecular weight excluding hydrogens is 320 g/mol. The van der Waals surface area contributed by atoms with Crippen molar-refractivity contribution in [3.63, 3.8) is 0 Å². The summed E-state index contributed by atoms with van der Waals surface area (Å²) in [6.45, 7) is 4.30. The van der Waals surface area contributed by atoms with Crippen LogP contribution in [0.3, 0.4) is 0 Å². The van der Waals surface area contributed by atoms with Gasteiger partial charge < -0.3 is 9.47 Å². The molecule has 1 aliphatic rings. The second-order valence-corrected chi connectivity index (χ2v) is 5.80. The number of hydrogen-bond acceptors (Lipinski definition) is 3. The Morgan fingerprint density at radius 3 is 3.20 bits per heavy atom. The molecule has 1 aliphatic heterocycles. The molecule has 0 atom stereocenters. The molecule has 0 N–H and O–H groups in total. The fourth-order valence-corrected chi connectivity index (χ4v) is 2.94. The van der Waals surface area contributed by atoms with Crippen LogP contribution >= 0.6 is 15.9 Å². The zero-order valence-electron chi connectivity index (χ0n) is 11.4. The van der Waals surface area contributed by atoms with Crippen LogP contribution in [0.2, 0.25) is 0 Å². The van der Waals surface area contributed by atoms with Gasteiger partial charge in [-0.1, -0.05) is 22.9 Å². The van der Waals surface area contributed by atoms with Crippen LogP contribution in [0, 0.1) is 0 Å². The van der Waals surface area contributed by atoms with Crippen molar-refractivity contribution < 1.29 is 9.47 Å². The molecule has 5 heteroatoms. The number of halogens is 1. The fraction of sp³-hybridized carbons (Fsp3) is 0.400. The molecule has 20 heavy (non-hydrogen) atoms. The molecule has 0 spiro atoms. The Labute approximate surface area is 126 Å². The van der Waals surface area contributed by atoms with Crippen molar-refractivity contribution in [2.45, 2.75) is 32.9 Å². The number of aromatic nitrogens is 2. The third kappa shape index (κ3) is 2.82. The number of aryl methyl sites for hydroxylation is 1. The summed E-state index contributed by atoms with van der Waals surface area (Å²) in [7, 11) is 0. The van der Waals surface area contributed by atoms with E-state index in [1.807, 2.05) is 10.9 Å². The molecule has 2 heterocycles. The predicted molar refractivity (Wildman–Crippen MR) is 80.2 cm³/mol. The molecule has 2 aromatic rings. The van der Waals surface area contributed by atoms with E-state index in [4.69, 9.17) is 9.47 Å². The Bertz CT molecular complexity index is 610. The van der Waals surface area contributed by atoms with Crippen LogP contribution in [-0.4, -0.2) is 16.4 Å². The number of hydrogen-bond donors (Lipinski definition) is 0. The Balaban J connectivity index is 1.72. The van der Waals surface area contributed by atoms with Gasteiger partial charge in [0, 0.05) is 23.0 Å². The van der Waals surface area contributed by atoms with E-state index < -0.39 is 0 Å². The Hall–Kier alpha value is -1.49. The first kappa shape index (κ1) is 13.5. The van der Waals surface area contributed by atoms with Crippen LogP contribution in [0.15, 0.2) is 29.0 Å². The van der Waals surface area contributed by atoms with Crippen molar-refractivity contribution in [1.82, 2.24) is 9.78 Å². The van der Waals surface area contributed by atoms with Crippen LogP contribution in [-0.2, 0) is 19.6 Å². The summed E-state index contributed by atoms with van der Waals surface area (Å²) in [4.78, 5) is 0. The summed E-state index contributed by atoms with van der Waals surface area (Å²) in [5.41, 5.74) is 2.33. The summed E-state index contributed by atoms with van der Waals surface area (Å²) in [6, 6.07) is 4.17. The van der Waals surface area contributed by atoms with Gasteiger partial charge in [0.1, 0.15) is 12.4 Å². The van der Waals surface area contributed by atoms with Gasteiger partial charge in [0.05, 0.1) is 19.0 Å². The highest BCUT2D eigenvalue weighted by atomic mass is 79.9. The normalized spacial score (nSPS) is 13.1. The first-order valence-corrected chi connectivity index (χ1v) is 7.65. The van der Waals surface area contributed by atoms with Gasteiger partial charge in [0.25, 0.3) is 0 Å². The van der Waals surface area contributed by atoms with Gasteiger partial charge in [-0.05, 0) is 24.1 Å². The minimum Gasteiger partial charge on any atom is -0.493 e. The summed E-state index contributed by atoms with van der Waals surface area (Å²) >= 11 is 3.54. The quantitative estimate of drug-likeness (QED) is 0.837. The van der Waals surface area contributed by atoms with Crippen LogP contribution in [0.1, 0.15) is 24.5 Å². The average molecular weight is 337 g/mol. The van der Waals surface area contributed by atoms with Gasteiger partial charge in [-0.15, -0.1) is 0 Å². The SMILES string of the molecule is CCCn1cc(OCc2cc(Br)cc3c2OCC3)cn1. The van der Waals surface area contributed by atoms with Crippen molar-refractivity contribution in [2.24, 2.45) is 0 Å². The van der Waals surface area contributed by atoms with Gasteiger partial charge in [0.15, 0.2) is 5.75 Å². The highest BCUT2D eigenvalue weighted by Gasteiger charge is 2.17. The van der Waals surface area contributed by atoms with Crippen molar-refractivity contribution in [2.75, 3.05) is 6.61 Å². The number of nitrogens with zero attached hydrogens (tertiary/aromatic N) is 2. The maximum atomic E-state index is 5.82. The minimum atomic E-state index is 0.500. The molecule has 3 rings (SSSR count). The highest BCUT2D eigenvalue weighted by molar-refractivity contribution is 9.10. The van der Waals surface area contributed by atoms with Gasteiger partial charge in [-0.25, -0.2) is 0 Å². The molecule has 0 unspecified atom stereocenters. The monoisotopic (exact) mass is 336 g/mol. The van der Waals surface area contributed by atoms with Crippen molar-refractivity contribution in [3.05, 3.63) is 40.1 Å². The Kier molecular flexibility index (Phi) is 3.96. The molecule has 0 saturated carbocycles. The third-order valence-electron chi connectivity index (χ3n) is 3.28. The maximum Gasteiger partial charge on any atom is 0.157 e. The van der Waals surface area contributed by atoms with E-state index in [0.717, 1.165) is 47.5 Å². The third-order valence-corrected chi connectivity index (χ3v) is 3.74. The molecular formula is C15H17BrN2O2. The van der Waals surface area contributed by atoms with Crippen LogP contribution < -0.4 is 9.47 Å². The van der Waals surface area contributed by atoms with Crippen LogP contribution in [0.4, 0.5) is 0 Å². The first-order chi connectivity index (χ1) is 9.76. The lowest BCUT2D eigenvalue weighted by Crippen LogP contribution is -1.99. The summed E-state index contributed by atoms with van der Waals surface area (Å²) in [6.07, 6.45) is 5.72. The number of ether oxygens (including phenoxy) is 2. The molecule has 1 aromatic heterocycles. The van der Waals surface area contributed by atoms with Crippen LogP contribution in [0.25, 0.3) is 0 Å². The zero-order valence-corrected chi connectivity index (χ0v) is 13.0. The van der Waals surface area contributed by atoms with Gasteiger partial charge >= 0.3 is 0 Å². The van der Waals surface area contributed by atoms with Gasteiger partial charge in [0.2, 0.25) is 0 Å². The molecule has 0 bridgehead atoms. The minimum absolute atomic E-state index is 0.500. The summed E-state index contributed by atoms with van der Waals surface area (Å²) in [5.74, 6) is 1.78. The number of rotatable bonds is 5. The molecule has 0 saturated heterocycles. The standard InChI is InChI=1S/C15H17BrN2O2/c1-2-4-18-9-14(8-17-18)20-10-12-7-13(16)6-11-3-5-19-15(11)12/h6-9H,2-5,10H2,1H3. The van der Waals surface area contributed by atoms with E-state index in [2.05, 4.69) is 40.1 Å². The first-order valence-electron chi connectivity index (χ1n) is 6.85. The molecule has 0 aliphatic carbocycles. The van der Waals surface area contributed by atoms with E-state index in [1.165, 1.54) is 5.56 Å². The summed E-state index contributed by atoms with van der Waals surface area (Å²) < 4.78 is 14.5. The lowest BCUT2D eigenvalue weighted by Gasteiger charge is -2.09. The van der Waals surface area contributed by atoms with Crippen LogP contribution in [0.5, 0.6) is 11.5 Å². The molecule has 106 valence electrons. The molecule has 0 fully saturated rings. The molecule has 0 amide bonds. The zero-order chi connectivity index (χ0) is 13.9. The Morgan fingerprint density at radius 2 is 2.35 bits per heavy atom. The van der Waals surface area contributed by atoms with Crippen molar-refractivity contribution in [3.8, 4) is 11.5 Å². The van der Waals surface area contributed by atoms with Crippen molar-refractivity contribution in [1.29, 1.82) is 0 Å². The van der Waals surface area contributed by atoms with E-state index >= 15 is 0 Å². The maximum absolute atomic E-state index is 5.82. The van der Waals surface area contributed by atoms with Crippen molar-refractivity contribution >= 4 is 15.9 Å². The van der Waals surface area contributed by atoms with E-state index in [9.17, 15) is 0 Å². The summed E-state index contributed by atoms with van der Waals surface area (Å²) in [5, 5.41) is 4.26. The fourth-order valence-electron chi connectivity index (χ4n) is 2.38. The van der Waals surface area contributed by atoms with E-state index in [1.54, 1.807) is 6.20 Å². The molecule has 0 radical (unpaired) electrons. The average Bonchev–Trinajstić information content (AvgIpc) is 3.05. The topological polar surface area (TPSA) is 36.3 Å². The molecule has 4 nitrogen and oxygen atoms in total. The highest BCUT2D eigenvalue weighted by Crippen LogP contribution is 2.33. The van der Waals surface area contributed by atoms with Gasteiger partial charge in [-0.3, -0.25) is 4.68 Å². The smallest absolute Gasteiger partial charge is 0.157 e. The molecule has 1 aromatic carbocycles. The number of benzene rings is 1. The van der Waals surface area contributed by atoms with E-state index in [-0.39, 0.29) is 0 Å². The largest absolute Gasteiger partial charge is 0.493 e. The second kappa shape index (κ2) is 5.87. The number of fused-ring (bicyclic) bond motifs is 1. The van der Waals surface area contributed by atoms with Gasteiger partial charge in [-0.2, -0.15) is 5.10 Å². The lowest BCUT2D eigenvalue weighted by atomic mass is 10.1. The predicted octanol–water partition coefficient (Wildman–Crippen LogP) is 3.57. The van der Waals surface area contributed by atoms with E-state index in [0.29, 0.717) is 6.61 Å². The lowest BCUT2D eigenvalue weighted by molar-refractivity contribution is 0.291. The Morgan fingerprint density at radius 1 is 1.45 bits per heavy atom. The second-order valence-electron chi connectivity index (χ2n) is 4.88.